The van der Waals surface area contributed by atoms with Crippen molar-refractivity contribution in [1.82, 2.24) is 15.1 Å². The molecular weight excluding hydrogens is 542 g/mol. The summed E-state index contributed by atoms with van der Waals surface area (Å²) < 4.78 is 36.7. The minimum atomic E-state index is -3.27. The highest BCUT2D eigenvalue weighted by atomic mass is 32.2. The SMILES string of the molecule is COc1cc(C2c3c(-c4cc(C)cc(C)c4O)n[nH]c3C(=O)N2C2CCS(=O)(=O)C2)ccc1OCc1ccccc1. The summed E-state index contributed by atoms with van der Waals surface area (Å²) in [5.41, 5.74) is 5.20. The molecule has 2 unspecified atom stereocenters. The number of hydrogen-bond acceptors (Lipinski definition) is 7. The number of nitrogens with zero attached hydrogens (tertiary/aromatic N) is 2. The van der Waals surface area contributed by atoms with E-state index in [0.29, 0.717) is 46.9 Å². The molecule has 10 heteroatoms. The van der Waals surface area contributed by atoms with Crippen molar-refractivity contribution in [2.75, 3.05) is 18.6 Å². The van der Waals surface area contributed by atoms with E-state index in [4.69, 9.17) is 9.47 Å². The maximum atomic E-state index is 13.9. The number of phenolic OH excluding ortho intramolecular Hbond substituents is 1. The number of carbonyl (C=O) groups is 1. The fraction of sp³-hybridized carbons (Fsp3) is 0.290. The molecule has 9 nitrogen and oxygen atoms in total. The van der Waals surface area contributed by atoms with E-state index in [1.165, 1.54) is 0 Å². The van der Waals surface area contributed by atoms with Gasteiger partial charge in [-0.2, -0.15) is 5.10 Å². The van der Waals surface area contributed by atoms with Crippen LogP contribution in [0, 0.1) is 13.8 Å². The quantitative estimate of drug-likeness (QED) is 0.328. The fourth-order valence-electron chi connectivity index (χ4n) is 5.92. The molecule has 0 radical (unpaired) electrons. The summed E-state index contributed by atoms with van der Waals surface area (Å²) in [6.07, 6.45) is 0.349. The van der Waals surface area contributed by atoms with E-state index in [1.54, 1.807) is 18.1 Å². The molecule has 41 heavy (non-hydrogen) atoms. The smallest absolute Gasteiger partial charge is 0.273 e. The second-order valence-electron chi connectivity index (χ2n) is 10.7. The summed E-state index contributed by atoms with van der Waals surface area (Å²) in [7, 11) is -1.72. The van der Waals surface area contributed by atoms with E-state index in [0.717, 1.165) is 16.7 Å². The van der Waals surface area contributed by atoms with Crippen molar-refractivity contribution < 1.29 is 27.8 Å². The number of aryl methyl sites for hydroxylation is 2. The number of sulfone groups is 1. The monoisotopic (exact) mass is 573 g/mol. The number of carbonyl (C=O) groups excluding carboxylic acids is 1. The van der Waals surface area contributed by atoms with Gasteiger partial charge in [0.2, 0.25) is 0 Å². The maximum Gasteiger partial charge on any atom is 0.273 e. The van der Waals surface area contributed by atoms with Gasteiger partial charge in [-0.25, -0.2) is 8.42 Å². The van der Waals surface area contributed by atoms with Gasteiger partial charge in [-0.3, -0.25) is 9.89 Å². The summed E-state index contributed by atoms with van der Waals surface area (Å²) in [6, 6.07) is 17.8. The molecule has 0 bridgehead atoms. The van der Waals surface area contributed by atoms with Crippen LogP contribution in [0.25, 0.3) is 11.3 Å². The van der Waals surface area contributed by atoms with E-state index in [9.17, 15) is 18.3 Å². The minimum absolute atomic E-state index is 0.0284. The first-order valence-corrected chi connectivity index (χ1v) is 15.3. The summed E-state index contributed by atoms with van der Waals surface area (Å²) >= 11 is 0. The van der Waals surface area contributed by atoms with Crippen LogP contribution in [0.4, 0.5) is 0 Å². The molecule has 0 saturated carbocycles. The van der Waals surface area contributed by atoms with Gasteiger partial charge >= 0.3 is 0 Å². The van der Waals surface area contributed by atoms with Gasteiger partial charge in [-0.15, -0.1) is 0 Å². The lowest BCUT2D eigenvalue weighted by atomic mass is 9.93. The Labute approximate surface area is 238 Å². The summed E-state index contributed by atoms with van der Waals surface area (Å²) in [4.78, 5) is 15.5. The minimum Gasteiger partial charge on any atom is -0.507 e. The first-order chi connectivity index (χ1) is 19.7. The number of rotatable bonds is 7. The molecule has 6 rings (SSSR count). The number of benzene rings is 3. The highest BCUT2D eigenvalue weighted by Crippen LogP contribution is 2.48. The number of aromatic hydroxyl groups is 1. The molecule has 212 valence electrons. The topological polar surface area (TPSA) is 122 Å². The van der Waals surface area contributed by atoms with Crippen LogP contribution < -0.4 is 9.47 Å². The van der Waals surface area contributed by atoms with Gasteiger partial charge in [-0.05, 0) is 60.7 Å². The first kappa shape index (κ1) is 26.9. The molecule has 0 aliphatic carbocycles. The van der Waals surface area contributed by atoms with Crippen LogP contribution in [-0.2, 0) is 16.4 Å². The molecule has 1 amide bonds. The average molecular weight is 574 g/mol. The van der Waals surface area contributed by atoms with Crippen molar-refractivity contribution in [2.24, 2.45) is 0 Å². The number of fused-ring (bicyclic) bond motifs is 1. The highest BCUT2D eigenvalue weighted by Gasteiger charge is 2.48. The molecule has 2 N–H and O–H groups in total. The van der Waals surface area contributed by atoms with Gasteiger partial charge in [0.05, 0.1) is 24.7 Å². The lowest BCUT2D eigenvalue weighted by molar-refractivity contribution is 0.0677. The zero-order valence-electron chi connectivity index (χ0n) is 23.0. The van der Waals surface area contributed by atoms with Crippen LogP contribution in [0.2, 0.25) is 0 Å². The third-order valence-corrected chi connectivity index (χ3v) is 9.60. The number of phenols is 1. The second-order valence-corrected chi connectivity index (χ2v) is 12.9. The summed E-state index contributed by atoms with van der Waals surface area (Å²) in [5.74, 6) is 0.711. The van der Waals surface area contributed by atoms with Crippen molar-refractivity contribution in [3.8, 4) is 28.5 Å². The molecule has 1 saturated heterocycles. The summed E-state index contributed by atoms with van der Waals surface area (Å²) in [5, 5.41) is 18.4. The first-order valence-electron chi connectivity index (χ1n) is 13.4. The van der Waals surface area contributed by atoms with Crippen molar-refractivity contribution >= 4 is 15.7 Å². The largest absolute Gasteiger partial charge is 0.507 e. The third-order valence-electron chi connectivity index (χ3n) is 7.85. The number of methoxy groups -OCH3 is 1. The van der Waals surface area contributed by atoms with Gasteiger partial charge in [0.1, 0.15) is 23.7 Å². The van der Waals surface area contributed by atoms with Gasteiger partial charge < -0.3 is 19.5 Å². The number of amides is 1. The Bertz CT molecular complexity index is 1750. The predicted molar refractivity (Wildman–Crippen MR) is 154 cm³/mol. The van der Waals surface area contributed by atoms with E-state index < -0.39 is 21.9 Å². The molecule has 2 atom stereocenters. The average Bonchev–Trinajstić information content (AvgIpc) is 3.62. The Kier molecular flexibility index (Phi) is 6.73. The van der Waals surface area contributed by atoms with Crippen molar-refractivity contribution in [3.05, 3.63) is 94.2 Å². The van der Waals surface area contributed by atoms with Crippen LogP contribution >= 0.6 is 0 Å². The van der Waals surface area contributed by atoms with E-state index in [-0.39, 0.29) is 28.9 Å². The fourth-order valence-corrected chi connectivity index (χ4v) is 7.63. The van der Waals surface area contributed by atoms with Gasteiger partial charge in [0.15, 0.2) is 21.3 Å². The van der Waals surface area contributed by atoms with Gasteiger partial charge in [-0.1, -0.05) is 42.5 Å². The van der Waals surface area contributed by atoms with Gasteiger partial charge in [0.25, 0.3) is 5.91 Å². The molecular formula is C31H31N3O6S. The number of aromatic nitrogens is 2. The van der Waals surface area contributed by atoms with Crippen molar-refractivity contribution in [2.45, 2.75) is 39.0 Å². The number of hydrogen-bond donors (Lipinski definition) is 2. The van der Waals surface area contributed by atoms with Crippen molar-refractivity contribution in [1.29, 1.82) is 0 Å². The van der Waals surface area contributed by atoms with E-state index >= 15 is 0 Å². The van der Waals surface area contributed by atoms with Crippen molar-refractivity contribution in [3.63, 3.8) is 0 Å². The van der Waals surface area contributed by atoms with E-state index in [2.05, 4.69) is 10.2 Å². The molecule has 2 aliphatic rings. The third kappa shape index (κ3) is 4.82. The molecule has 2 aliphatic heterocycles. The zero-order valence-corrected chi connectivity index (χ0v) is 23.9. The van der Waals surface area contributed by atoms with Crippen LogP contribution in [0.1, 0.15) is 50.8 Å². The van der Waals surface area contributed by atoms with Gasteiger partial charge in [0, 0.05) is 17.2 Å². The highest BCUT2D eigenvalue weighted by molar-refractivity contribution is 7.91. The molecule has 3 heterocycles. The van der Waals surface area contributed by atoms with Crippen LogP contribution in [-0.4, -0.2) is 59.2 Å². The zero-order chi connectivity index (χ0) is 28.9. The predicted octanol–water partition coefficient (Wildman–Crippen LogP) is 4.72. The molecule has 0 spiro atoms. The number of aromatic amines is 1. The summed E-state index contributed by atoms with van der Waals surface area (Å²) in [6.45, 7) is 4.10. The van der Waals surface area contributed by atoms with Crippen LogP contribution in [0.15, 0.2) is 60.7 Å². The van der Waals surface area contributed by atoms with Crippen LogP contribution in [0.3, 0.4) is 0 Å². The number of H-pyrrole nitrogens is 1. The molecule has 3 aromatic carbocycles. The number of nitrogens with one attached hydrogen (secondary N) is 1. The molecule has 1 fully saturated rings. The standard InChI is InChI=1S/C31H31N3O6S/c1-18-13-19(2)30(35)23(14-18)27-26-28(33-32-27)31(36)34(22-11-12-41(37,38)17-22)29(26)21-9-10-24(25(15-21)39-3)40-16-20-7-5-4-6-8-20/h4-10,13-15,22,29,35H,11-12,16-17H2,1-3H3,(H,32,33). The lowest BCUT2D eigenvalue weighted by Gasteiger charge is -2.31. The normalized spacial score (nSPS) is 19.4. The van der Waals surface area contributed by atoms with E-state index in [1.807, 2.05) is 68.4 Å². The molecule has 4 aromatic rings. The second kappa shape index (κ2) is 10.3. The lowest BCUT2D eigenvalue weighted by Crippen LogP contribution is -2.40. The van der Waals surface area contributed by atoms with Crippen LogP contribution in [0.5, 0.6) is 17.2 Å². The Morgan fingerprint density at radius 3 is 2.56 bits per heavy atom. The molecule has 1 aromatic heterocycles. The Hall–Kier alpha value is -4.31. The Balaban J connectivity index is 1.46. The Morgan fingerprint density at radius 2 is 1.85 bits per heavy atom. The maximum absolute atomic E-state index is 13.9. The Morgan fingerprint density at radius 1 is 1.07 bits per heavy atom. The number of ether oxygens (including phenoxy) is 2.